The molecule has 1 fully saturated rings. The van der Waals surface area contributed by atoms with Gasteiger partial charge in [0.25, 0.3) is 5.56 Å². The molecule has 1 aromatic heterocycles. The Kier molecular flexibility index (Phi) is 15.6. The van der Waals surface area contributed by atoms with Crippen LogP contribution in [0, 0.1) is 0 Å². The van der Waals surface area contributed by atoms with Crippen molar-refractivity contribution < 1.29 is 14.4 Å². The van der Waals surface area contributed by atoms with Crippen molar-refractivity contribution in [3.8, 4) is 5.75 Å². The summed E-state index contributed by atoms with van der Waals surface area (Å²) in [4.78, 5) is 51.5. The molecule has 2 aliphatic rings. The maximum Gasteiger partial charge on any atom is 0.332 e. The number of carbonyl (C=O) groups is 1. The number of unbranched alkanes of at least 4 members (excludes halogenated alkanes) is 11. The normalized spacial score (nSPS) is 15.0. The number of anilines is 3. The molecular formula is C38H60N6O5. The van der Waals surface area contributed by atoms with Crippen LogP contribution >= 0.6 is 0 Å². The first-order valence-corrected chi connectivity index (χ1v) is 18.6. The molecule has 3 heterocycles. The predicted molar refractivity (Wildman–Crippen MR) is 199 cm³/mol. The maximum atomic E-state index is 13.3. The zero-order valence-electron chi connectivity index (χ0n) is 30.5. The Morgan fingerprint density at radius 1 is 0.796 bits per heavy atom. The van der Waals surface area contributed by atoms with E-state index in [4.69, 9.17) is 9.57 Å². The fourth-order valence-electron chi connectivity index (χ4n) is 6.80. The molecule has 0 unspecified atom stereocenters. The van der Waals surface area contributed by atoms with E-state index in [0.717, 1.165) is 80.8 Å². The van der Waals surface area contributed by atoms with Gasteiger partial charge in [-0.2, -0.15) is 5.06 Å². The van der Waals surface area contributed by atoms with E-state index in [2.05, 4.69) is 34.9 Å². The lowest BCUT2D eigenvalue weighted by Crippen LogP contribution is -2.49. The van der Waals surface area contributed by atoms with E-state index >= 15 is 0 Å². The third-order valence-corrected chi connectivity index (χ3v) is 9.80. The zero-order valence-corrected chi connectivity index (χ0v) is 30.5. The lowest BCUT2D eigenvalue weighted by molar-refractivity contribution is -0.145. The quantitative estimate of drug-likeness (QED) is 0.116. The molecule has 1 aromatic carbocycles. The molecular weight excluding hydrogens is 620 g/mol. The van der Waals surface area contributed by atoms with E-state index in [1.54, 1.807) is 14.2 Å². The number of rotatable bonds is 21. The van der Waals surface area contributed by atoms with Gasteiger partial charge in [0.1, 0.15) is 18.1 Å². The number of carbonyl (C=O) groups excluding carboxylic acids is 1. The van der Waals surface area contributed by atoms with Gasteiger partial charge in [0.2, 0.25) is 0 Å². The second kappa shape index (κ2) is 20.1. The summed E-state index contributed by atoms with van der Waals surface area (Å²) in [5, 5.41) is 1.43. The van der Waals surface area contributed by atoms with Crippen LogP contribution in [0.1, 0.15) is 96.8 Å². The molecule has 4 rings (SSSR count). The minimum atomic E-state index is -0.448. The average molecular weight is 681 g/mol. The Morgan fingerprint density at radius 2 is 1.43 bits per heavy atom. The van der Waals surface area contributed by atoms with Crippen LogP contribution in [0.25, 0.3) is 0 Å². The number of nitrogens with zero attached hydrogens (tertiary/aromatic N) is 6. The maximum absolute atomic E-state index is 13.3. The first-order valence-electron chi connectivity index (χ1n) is 18.6. The van der Waals surface area contributed by atoms with Crippen molar-refractivity contribution in [3.05, 3.63) is 57.3 Å². The number of hydroxylamine groups is 1. The van der Waals surface area contributed by atoms with E-state index in [-0.39, 0.29) is 18.2 Å². The molecule has 0 radical (unpaired) electrons. The summed E-state index contributed by atoms with van der Waals surface area (Å²) in [6.07, 6.45) is 20.5. The Morgan fingerprint density at radius 3 is 2.10 bits per heavy atom. The molecule has 2 aliphatic heterocycles. The Bertz CT molecular complexity index is 1460. The summed E-state index contributed by atoms with van der Waals surface area (Å²) in [7, 11) is 4.80. The number of para-hydroxylation sites is 2. The third kappa shape index (κ3) is 10.9. The summed E-state index contributed by atoms with van der Waals surface area (Å²) in [6, 6.07) is 8.08. The summed E-state index contributed by atoms with van der Waals surface area (Å²) in [5.41, 5.74) is 0.666. The van der Waals surface area contributed by atoms with Crippen molar-refractivity contribution in [2.24, 2.45) is 14.1 Å². The molecule has 1 saturated heterocycles. The molecule has 0 aliphatic carbocycles. The highest BCUT2D eigenvalue weighted by Crippen LogP contribution is 2.32. The number of piperazine rings is 1. The van der Waals surface area contributed by atoms with Crippen LogP contribution in [0.5, 0.6) is 5.75 Å². The van der Waals surface area contributed by atoms with E-state index < -0.39 is 5.69 Å². The van der Waals surface area contributed by atoms with Gasteiger partial charge in [0.05, 0.1) is 12.8 Å². The van der Waals surface area contributed by atoms with E-state index in [9.17, 15) is 14.4 Å². The molecule has 49 heavy (non-hydrogen) atoms. The minimum absolute atomic E-state index is 0.209. The first-order chi connectivity index (χ1) is 23.8. The molecule has 2 aromatic rings. The number of allylic oxidation sites excluding steroid dienone is 2. The molecule has 0 atom stereocenters. The van der Waals surface area contributed by atoms with Crippen LogP contribution in [-0.2, 0) is 23.7 Å². The fraction of sp³-hybridized carbons (Fsp3) is 0.658. The lowest BCUT2D eigenvalue weighted by atomic mass is 10.1. The summed E-state index contributed by atoms with van der Waals surface area (Å²) >= 11 is 0. The number of aromatic nitrogens is 2. The summed E-state index contributed by atoms with van der Waals surface area (Å²) in [5.74, 6) is 0.871. The minimum Gasteiger partial charge on any atom is -0.495 e. The number of ether oxygens (including phenoxy) is 1. The molecule has 0 bridgehead atoms. The van der Waals surface area contributed by atoms with Gasteiger partial charge in [-0.05, 0) is 44.2 Å². The summed E-state index contributed by atoms with van der Waals surface area (Å²) in [6.45, 7) is 7.25. The van der Waals surface area contributed by atoms with Gasteiger partial charge in [0, 0.05) is 59.8 Å². The highest BCUT2D eigenvalue weighted by atomic mass is 16.7. The van der Waals surface area contributed by atoms with Gasteiger partial charge >= 0.3 is 11.7 Å². The van der Waals surface area contributed by atoms with Crippen LogP contribution in [0.3, 0.4) is 0 Å². The van der Waals surface area contributed by atoms with Gasteiger partial charge in [-0.1, -0.05) is 82.6 Å². The fourth-order valence-corrected chi connectivity index (χ4v) is 6.80. The number of methoxy groups -OCH3 is 1. The van der Waals surface area contributed by atoms with Gasteiger partial charge in [-0.15, -0.1) is 0 Å². The largest absolute Gasteiger partial charge is 0.495 e. The second-order valence-corrected chi connectivity index (χ2v) is 13.5. The number of fused-ring (bicyclic) bond motifs is 1. The molecule has 0 N–H and O–H groups in total. The number of hydrogen-bond acceptors (Lipinski definition) is 9. The molecule has 11 heteroatoms. The Balaban J connectivity index is 1.19. The van der Waals surface area contributed by atoms with E-state index in [1.807, 2.05) is 23.1 Å². The Labute approximate surface area is 293 Å². The van der Waals surface area contributed by atoms with E-state index in [0.29, 0.717) is 24.5 Å². The topological polar surface area (TPSA) is 92.5 Å². The Hall–Kier alpha value is -3.73. The standard InChI is InChI=1S/C38H60N6O5/c1-5-6-7-8-9-10-11-12-13-14-15-16-17-18-19-24-34(45)49-44-31-43(35-36(44)39(2)38(47)40(3)37(35)46)30-27-41-25-28-42(29-26-41)32-22-20-21-23-33(32)48-4/h12-13,20-23H,5-11,14-19,24-31H2,1-4H3/b13-12-. The van der Waals surface area contributed by atoms with Crippen molar-refractivity contribution in [1.82, 2.24) is 14.0 Å². The molecule has 272 valence electrons. The highest BCUT2D eigenvalue weighted by Gasteiger charge is 2.35. The number of hydrogen-bond donors (Lipinski definition) is 0. The zero-order chi connectivity index (χ0) is 35.0. The monoisotopic (exact) mass is 680 g/mol. The summed E-state index contributed by atoms with van der Waals surface area (Å²) < 4.78 is 8.08. The smallest absolute Gasteiger partial charge is 0.332 e. The first kappa shape index (κ1) is 38.1. The SMILES string of the molecule is CCCCCCCC/C=C\CCCCCCCC(=O)ON1CN(CCN2CCN(c3ccccc3OC)CC2)c2c1n(C)c(=O)n(C)c2=O. The van der Waals surface area contributed by atoms with Gasteiger partial charge in [-0.25, -0.2) is 9.59 Å². The van der Waals surface area contributed by atoms with Gasteiger partial charge in [-0.3, -0.25) is 18.8 Å². The average Bonchev–Trinajstić information content (AvgIpc) is 3.48. The second-order valence-electron chi connectivity index (χ2n) is 13.5. The van der Waals surface area contributed by atoms with Crippen molar-refractivity contribution in [1.29, 1.82) is 0 Å². The predicted octanol–water partition coefficient (Wildman–Crippen LogP) is 5.99. The third-order valence-electron chi connectivity index (χ3n) is 9.80. The van der Waals surface area contributed by atoms with Crippen LogP contribution in [0.15, 0.2) is 46.0 Å². The van der Waals surface area contributed by atoms with E-state index in [1.165, 1.54) is 68.0 Å². The highest BCUT2D eigenvalue weighted by molar-refractivity contribution is 5.75. The van der Waals surface area contributed by atoms with Crippen LogP contribution in [-0.4, -0.2) is 73.1 Å². The van der Waals surface area contributed by atoms with Crippen molar-refractivity contribution in [2.45, 2.75) is 96.8 Å². The molecule has 0 saturated carbocycles. The van der Waals surface area contributed by atoms with Crippen molar-refractivity contribution >= 4 is 23.2 Å². The molecule has 0 amide bonds. The van der Waals surface area contributed by atoms with Crippen LogP contribution in [0.4, 0.5) is 17.2 Å². The van der Waals surface area contributed by atoms with Gasteiger partial charge < -0.3 is 19.4 Å². The number of benzene rings is 1. The van der Waals surface area contributed by atoms with Crippen LogP contribution in [0.2, 0.25) is 0 Å². The van der Waals surface area contributed by atoms with Crippen molar-refractivity contribution in [2.75, 3.05) is 67.9 Å². The molecule has 11 nitrogen and oxygen atoms in total. The molecule has 0 spiro atoms. The lowest BCUT2D eigenvalue weighted by Gasteiger charge is -2.37. The van der Waals surface area contributed by atoms with Crippen molar-refractivity contribution in [3.63, 3.8) is 0 Å². The van der Waals surface area contributed by atoms with Gasteiger partial charge in [0.15, 0.2) is 5.82 Å². The van der Waals surface area contributed by atoms with Crippen LogP contribution < -0.4 is 30.8 Å².